The van der Waals surface area contributed by atoms with Crippen LogP contribution in [0.1, 0.15) is 31.2 Å². The van der Waals surface area contributed by atoms with Crippen molar-refractivity contribution in [1.82, 2.24) is 5.32 Å². The summed E-state index contributed by atoms with van der Waals surface area (Å²) in [7, 11) is 0. The van der Waals surface area contributed by atoms with Gasteiger partial charge < -0.3 is 10.6 Å². The molecule has 2 N–H and O–H groups in total. The first-order valence-corrected chi connectivity index (χ1v) is 7.64. The molecule has 2 amide bonds. The second kappa shape index (κ2) is 5.82. The number of hydrogen-bond donors (Lipinski definition) is 2. The molecule has 1 aromatic carbocycles. The van der Waals surface area contributed by atoms with E-state index in [0.29, 0.717) is 18.4 Å². The van der Waals surface area contributed by atoms with E-state index < -0.39 is 17.8 Å². The summed E-state index contributed by atoms with van der Waals surface area (Å²) >= 11 is 0. The molecule has 0 unspecified atom stereocenters. The molecule has 6 heteroatoms. The number of benzene rings is 1. The largest absolute Gasteiger partial charge is 0.416 e. The number of fused-ring (bicyclic) bond motifs is 2. The molecule has 0 aromatic heterocycles. The van der Waals surface area contributed by atoms with Gasteiger partial charge in [-0.15, -0.1) is 0 Å². The first-order chi connectivity index (χ1) is 10.4. The normalized spacial score (nSPS) is 27.0. The molecule has 0 saturated heterocycles. The third-order valence-corrected chi connectivity index (χ3v) is 4.86. The summed E-state index contributed by atoms with van der Waals surface area (Å²) in [5.41, 5.74) is -0.612. The van der Waals surface area contributed by atoms with Gasteiger partial charge in [0, 0.05) is 12.2 Å². The van der Waals surface area contributed by atoms with Crippen LogP contribution in [0.3, 0.4) is 0 Å². The fourth-order valence-electron chi connectivity index (χ4n) is 3.80. The Bertz CT molecular complexity index is 559. The van der Waals surface area contributed by atoms with Crippen molar-refractivity contribution in [3.63, 3.8) is 0 Å². The number of amides is 2. The molecule has 22 heavy (non-hydrogen) atoms. The van der Waals surface area contributed by atoms with Crippen LogP contribution in [0.25, 0.3) is 0 Å². The zero-order valence-electron chi connectivity index (χ0n) is 12.1. The number of carbonyl (C=O) groups is 1. The minimum absolute atomic E-state index is 0.153. The number of carbonyl (C=O) groups excluding carboxylic acids is 1. The Labute approximate surface area is 127 Å². The molecule has 2 bridgehead atoms. The molecule has 1 aromatic rings. The highest BCUT2D eigenvalue weighted by molar-refractivity contribution is 5.89. The Morgan fingerprint density at radius 3 is 2.68 bits per heavy atom. The standard InChI is InChI=1S/C16H19F3N2O/c17-16(18,19)13-2-1-3-14(8-13)21-15(22)20-9-12-7-10-4-5-11(12)6-10/h1-3,8,10-12H,4-7,9H2,(H2,20,21,22)/t10-,11-,12+/m1/s1. The average molecular weight is 312 g/mol. The van der Waals surface area contributed by atoms with E-state index in [4.69, 9.17) is 0 Å². The maximum absolute atomic E-state index is 12.6. The van der Waals surface area contributed by atoms with Crippen LogP contribution in [0.5, 0.6) is 0 Å². The van der Waals surface area contributed by atoms with Gasteiger partial charge >= 0.3 is 12.2 Å². The predicted octanol–water partition coefficient (Wildman–Crippen LogP) is 4.26. The highest BCUT2D eigenvalue weighted by Gasteiger charge is 2.39. The number of nitrogens with one attached hydrogen (secondary N) is 2. The summed E-state index contributed by atoms with van der Waals surface area (Å²) < 4.78 is 37.8. The van der Waals surface area contributed by atoms with E-state index in [1.54, 1.807) is 0 Å². The molecular formula is C16H19F3N2O. The molecule has 2 aliphatic carbocycles. The molecule has 3 nitrogen and oxygen atoms in total. The van der Waals surface area contributed by atoms with Crippen LogP contribution in [0, 0.1) is 17.8 Å². The van der Waals surface area contributed by atoms with Gasteiger partial charge in [0.1, 0.15) is 0 Å². The van der Waals surface area contributed by atoms with Crippen LogP contribution >= 0.6 is 0 Å². The number of urea groups is 1. The first-order valence-electron chi connectivity index (χ1n) is 7.64. The van der Waals surface area contributed by atoms with E-state index in [1.165, 1.54) is 31.4 Å². The van der Waals surface area contributed by atoms with Crippen molar-refractivity contribution in [2.24, 2.45) is 17.8 Å². The molecule has 2 saturated carbocycles. The van der Waals surface area contributed by atoms with Gasteiger partial charge in [0.05, 0.1) is 5.56 Å². The second-order valence-electron chi connectivity index (χ2n) is 6.35. The van der Waals surface area contributed by atoms with Gasteiger partial charge in [0.2, 0.25) is 0 Å². The molecule has 2 aliphatic rings. The maximum Gasteiger partial charge on any atom is 0.416 e. The van der Waals surface area contributed by atoms with Gasteiger partial charge in [-0.2, -0.15) is 13.2 Å². The molecule has 0 aliphatic heterocycles. The van der Waals surface area contributed by atoms with E-state index in [0.717, 1.165) is 24.5 Å². The predicted molar refractivity (Wildman–Crippen MR) is 77.4 cm³/mol. The van der Waals surface area contributed by atoms with E-state index in [-0.39, 0.29) is 5.69 Å². The van der Waals surface area contributed by atoms with E-state index in [2.05, 4.69) is 10.6 Å². The summed E-state index contributed by atoms with van der Waals surface area (Å²) in [6.45, 7) is 0.603. The van der Waals surface area contributed by atoms with Crippen molar-refractivity contribution in [3.8, 4) is 0 Å². The van der Waals surface area contributed by atoms with Gasteiger partial charge in [-0.3, -0.25) is 0 Å². The van der Waals surface area contributed by atoms with Crippen molar-refractivity contribution in [2.75, 3.05) is 11.9 Å². The van der Waals surface area contributed by atoms with Gasteiger partial charge in [0.25, 0.3) is 0 Å². The smallest absolute Gasteiger partial charge is 0.338 e. The average Bonchev–Trinajstić information content (AvgIpc) is 3.07. The Morgan fingerprint density at radius 1 is 1.23 bits per heavy atom. The lowest BCUT2D eigenvalue weighted by molar-refractivity contribution is -0.137. The van der Waals surface area contributed by atoms with Crippen LogP contribution in [-0.2, 0) is 6.18 Å². The molecule has 0 heterocycles. The van der Waals surface area contributed by atoms with Crippen LogP contribution in [0.4, 0.5) is 23.7 Å². The van der Waals surface area contributed by atoms with Crippen molar-refractivity contribution < 1.29 is 18.0 Å². The quantitative estimate of drug-likeness (QED) is 0.860. The lowest BCUT2D eigenvalue weighted by atomic mass is 9.89. The summed E-state index contributed by atoms with van der Waals surface area (Å²) in [5, 5.41) is 5.26. The third kappa shape index (κ3) is 3.36. The molecule has 0 spiro atoms. The SMILES string of the molecule is O=C(NC[C@@H]1C[C@@H]2CC[C@@H]1C2)Nc1cccc(C(F)(F)F)c1. The number of rotatable bonds is 3. The molecule has 2 fully saturated rings. The lowest BCUT2D eigenvalue weighted by Gasteiger charge is -2.21. The molecule has 120 valence electrons. The van der Waals surface area contributed by atoms with Gasteiger partial charge in [-0.05, 0) is 55.2 Å². The number of halogens is 3. The highest BCUT2D eigenvalue weighted by atomic mass is 19.4. The van der Waals surface area contributed by atoms with Crippen molar-refractivity contribution in [3.05, 3.63) is 29.8 Å². The Morgan fingerprint density at radius 2 is 2.05 bits per heavy atom. The van der Waals surface area contributed by atoms with E-state index in [1.807, 2.05) is 0 Å². The monoisotopic (exact) mass is 312 g/mol. The molecular weight excluding hydrogens is 293 g/mol. The molecule has 0 radical (unpaired) electrons. The van der Waals surface area contributed by atoms with Crippen molar-refractivity contribution in [1.29, 1.82) is 0 Å². The lowest BCUT2D eigenvalue weighted by Crippen LogP contribution is -2.34. The van der Waals surface area contributed by atoms with Crippen molar-refractivity contribution >= 4 is 11.7 Å². The van der Waals surface area contributed by atoms with E-state index in [9.17, 15) is 18.0 Å². The van der Waals surface area contributed by atoms with Gasteiger partial charge in [-0.1, -0.05) is 12.5 Å². The fraction of sp³-hybridized carbons (Fsp3) is 0.562. The fourth-order valence-corrected chi connectivity index (χ4v) is 3.80. The van der Waals surface area contributed by atoms with E-state index >= 15 is 0 Å². The highest BCUT2D eigenvalue weighted by Crippen LogP contribution is 2.47. The molecule has 3 rings (SSSR count). The summed E-state index contributed by atoms with van der Waals surface area (Å²) in [6, 6.07) is 4.22. The van der Waals surface area contributed by atoms with Crippen LogP contribution in [0.15, 0.2) is 24.3 Å². The number of anilines is 1. The number of hydrogen-bond acceptors (Lipinski definition) is 1. The van der Waals surface area contributed by atoms with Gasteiger partial charge in [0.15, 0.2) is 0 Å². The molecule has 3 atom stereocenters. The Balaban J connectivity index is 1.51. The minimum Gasteiger partial charge on any atom is -0.338 e. The second-order valence-corrected chi connectivity index (χ2v) is 6.35. The minimum atomic E-state index is -4.41. The maximum atomic E-state index is 12.6. The van der Waals surface area contributed by atoms with Crippen LogP contribution in [0.2, 0.25) is 0 Å². The Hall–Kier alpha value is -1.72. The van der Waals surface area contributed by atoms with Gasteiger partial charge in [-0.25, -0.2) is 4.79 Å². The third-order valence-electron chi connectivity index (χ3n) is 4.86. The first kappa shape index (κ1) is 15.2. The van der Waals surface area contributed by atoms with Crippen LogP contribution < -0.4 is 10.6 Å². The summed E-state index contributed by atoms with van der Waals surface area (Å²) in [4.78, 5) is 11.8. The Kier molecular flexibility index (Phi) is 4.02. The zero-order valence-corrected chi connectivity index (χ0v) is 12.1. The van der Waals surface area contributed by atoms with Crippen molar-refractivity contribution in [2.45, 2.75) is 31.9 Å². The zero-order chi connectivity index (χ0) is 15.7. The topological polar surface area (TPSA) is 41.1 Å². The van der Waals surface area contributed by atoms with Crippen LogP contribution in [-0.4, -0.2) is 12.6 Å². The summed E-state index contributed by atoms with van der Waals surface area (Å²) in [5.74, 6) is 2.04. The number of alkyl halides is 3. The summed E-state index contributed by atoms with van der Waals surface area (Å²) in [6.07, 6.45) is 0.567.